The van der Waals surface area contributed by atoms with Crippen LogP contribution in [0.4, 0.5) is 0 Å². The number of hydrogen-bond acceptors (Lipinski definition) is 3. The fourth-order valence-corrected chi connectivity index (χ4v) is 3.29. The Morgan fingerprint density at radius 3 is 2.50 bits per heavy atom. The molecule has 3 rings (SSSR count). The van der Waals surface area contributed by atoms with Gasteiger partial charge < -0.3 is 15.3 Å². The molecule has 1 fully saturated rings. The zero-order valence-corrected chi connectivity index (χ0v) is 15.6. The predicted octanol–water partition coefficient (Wildman–Crippen LogP) is 3.18. The van der Waals surface area contributed by atoms with Crippen LogP contribution < -0.4 is 5.32 Å². The third-order valence-corrected chi connectivity index (χ3v) is 4.89. The number of aryl methyl sites for hydroxylation is 1. The predicted molar refractivity (Wildman–Crippen MR) is 104 cm³/mol. The number of nitrogens with zero attached hydrogens (tertiary/aromatic N) is 1. The van der Waals surface area contributed by atoms with Crippen LogP contribution in [-0.4, -0.2) is 41.1 Å². The van der Waals surface area contributed by atoms with E-state index in [2.05, 4.69) is 17.4 Å². The van der Waals surface area contributed by atoms with Crippen molar-refractivity contribution in [3.05, 3.63) is 71.3 Å². The number of aliphatic hydroxyl groups is 1. The average molecular weight is 352 g/mol. The van der Waals surface area contributed by atoms with Crippen LogP contribution in [0.5, 0.6) is 0 Å². The summed E-state index contributed by atoms with van der Waals surface area (Å²) in [7, 11) is 0. The van der Waals surface area contributed by atoms with Gasteiger partial charge in [0.05, 0.1) is 5.60 Å². The molecule has 4 heteroatoms. The van der Waals surface area contributed by atoms with Crippen molar-refractivity contribution < 1.29 is 9.90 Å². The van der Waals surface area contributed by atoms with Crippen molar-refractivity contribution in [2.45, 2.75) is 38.3 Å². The summed E-state index contributed by atoms with van der Waals surface area (Å²) in [6, 6.07) is 18.3. The Morgan fingerprint density at radius 2 is 1.85 bits per heavy atom. The summed E-state index contributed by atoms with van der Waals surface area (Å²) in [5.41, 5.74) is 2.42. The van der Waals surface area contributed by atoms with E-state index in [0.29, 0.717) is 13.0 Å². The highest BCUT2D eigenvalue weighted by Crippen LogP contribution is 2.19. The Hall–Kier alpha value is -2.17. The minimum Gasteiger partial charge on any atom is -0.390 e. The lowest BCUT2D eigenvalue weighted by atomic mass is 9.98. The molecule has 1 amide bonds. The maximum Gasteiger partial charge on any atom is 0.253 e. The standard InChI is InChI=1S/C22H28N2O2/c1-22(2,26)13-12-17-8-10-19(11-9-17)21(25)24-15-14-23-20(16-24)18-6-4-3-5-7-18/h3-11,20,23,26H,12-16H2,1-2H3. The Morgan fingerprint density at radius 1 is 1.15 bits per heavy atom. The lowest BCUT2D eigenvalue weighted by Crippen LogP contribution is -2.48. The Kier molecular flexibility index (Phi) is 5.74. The summed E-state index contributed by atoms with van der Waals surface area (Å²) < 4.78 is 0. The van der Waals surface area contributed by atoms with Gasteiger partial charge in [-0.05, 0) is 49.9 Å². The first kappa shape index (κ1) is 18.6. The molecule has 1 aliphatic heterocycles. The minimum absolute atomic E-state index is 0.0847. The van der Waals surface area contributed by atoms with E-state index in [1.165, 1.54) is 5.56 Å². The smallest absolute Gasteiger partial charge is 0.253 e. The fourth-order valence-electron chi connectivity index (χ4n) is 3.29. The Bertz CT molecular complexity index is 720. The lowest BCUT2D eigenvalue weighted by Gasteiger charge is -2.34. The molecule has 0 aliphatic carbocycles. The molecule has 1 heterocycles. The van der Waals surface area contributed by atoms with Crippen LogP contribution in [0.2, 0.25) is 0 Å². The van der Waals surface area contributed by atoms with Gasteiger partial charge in [0.25, 0.3) is 5.91 Å². The maximum absolute atomic E-state index is 12.9. The second-order valence-electron chi connectivity index (χ2n) is 7.68. The van der Waals surface area contributed by atoms with Gasteiger partial charge in [-0.15, -0.1) is 0 Å². The minimum atomic E-state index is -0.665. The van der Waals surface area contributed by atoms with Crippen LogP contribution in [0, 0.1) is 0 Å². The van der Waals surface area contributed by atoms with E-state index < -0.39 is 5.60 Å². The van der Waals surface area contributed by atoms with Crippen LogP contribution in [0.3, 0.4) is 0 Å². The molecule has 2 N–H and O–H groups in total. The summed E-state index contributed by atoms with van der Waals surface area (Å²) in [4.78, 5) is 14.8. The van der Waals surface area contributed by atoms with Crippen molar-refractivity contribution in [3.8, 4) is 0 Å². The molecule has 2 aromatic carbocycles. The molecule has 0 aromatic heterocycles. The molecule has 138 valence electrons. The van der Waals surface area contributed by atoms with Gasteiger partial charge in [0, 0.05) is 31.2 Å². The number of amides is 1. The largest absolute Gasteiger partial charge is 0.390 e. The third kappa shape index (κ3) is 4.93. The van der Waals surface area contributed by atoms with Gasteiger partial charge in [-0.1, -0.05) is 42.5 Å². The van der Waals surface area contributed by atoms with Gasteiger partial charge in [0.2, 0.25) is 0 Å². The molecule has 1 atom stereocenters. The molecule has 0 bridgehead atoms. The average Bonchev–Trinajstić information content (AvgIpc) is 2.66. The van der Waals surface area contributed by atoms with Crippen molar-refractivity contribution in [2.75, 3.05) is 19.6 Å². The van der Waals surface area contributed by atoms with Gasteiger partial charge in [-0.3, -0.25) is 4.79 Å². The van der Waals surface area contributed by atoms with Crippen LogP contribution in [0.15, 0.2) is 54.6 Å². The third-order valence-electron chi connectivity index (χ3n) is 4.89. The van der Waals surface area contributed by atoms with Crippen LogP contribution in [-0.2, 0) is 6.42 Å². The van der Waals surface area contributed by atoms with Crippen molar-refractivity contribution >= 4 is 5.91 Å². The SMILES string of the molecule is CC(C)(O)CCc1ccc(C(=O)N2CCNC(c3ccccc3)C2)cc1. The van der Waals surface area contributed by atoms with Crippen LogP contribution in [0.25, 0.3) is 0 Å². The number of nitrogens with one attached hydrogen (secondary N) is 1. The topological polar surface area (TPSA) is 52.6 Å². The second kappa shape index (κ2) is 8.02. The maximum atomic E-state index is 12.9. The number of carbonyl (C=O) groups is 1. The second-order valence-corrected chi connectivity index (χ2v) is 7.68. The van der Waals surface area contributed by atoms with Crippen molar-refractivity contribution in [1.82, 2.24) is 10.2 Å². The molecule has 1 unspecified atom stereocenters. The summed E-state index contributed by atoms with van der Waals surface area (Å²) in [5, 5.41) is 13.3. The van der Waals surface area contributed by atoms with E-state index in [9.17, 15) is 9.90 Å². The molecule has 0 spiro atoms. The molecule has 1 saturated heterocycles. The van der Waals surface area contributed by atoms with Gasteiger partial charge in [-0.2, -0.15) is 0 Å². The molecular formula is C22H28N2O2. The first-order valence-corrected chi connectivity index (χ1v) is 9.31. The summed E-state index contributed by atoms with van der Waals surface area (Å²) in [5.74, 6) is 0.0847. The van der Waals surface area contributed by atoms with Gasteiger partial charge in [-0.25, -0.2) is 0 Å². The number of piperazine rings is 1. The van der Waals surface area contributed by atoms with Gasteiger partial charge in [0.15, 0.2) is 0 Å². The zero-order valence-electron chi connectivity index (χ0n) is 15.6. The number of rotatable bonds is 5. The Balaban J connectivity index is 1.63. The highest BCUT2D eigenvalue weighted by Gasteiger charge is 2.25. The molecule has 1 aliphatic rings. The van der Waals surface area contributed by atoms with Gasteiger partial charge in [0.1, 0.15) is 0 Å². The molecule has 4 nitrogen and oxygen atoms in total. The first-order valence-electron chi connectivity index (χ1n) is 9.31. The van der Waals surface area contributed by atoms with E-state index in [1.54, 1.807) is 0 Å². The molecule has 0 saturated carbocycles. The van der Waals surface area contributed by atoms with Crippen LogP contribution >= 0.6 is 0 Å². The van der Waals surface area contributed by atoms with E-state index in [4.69, 9.17) is 0 Å². The number of carbonyl (C=O) groups excluding carboxylic acids is 1. The highest BCUT2D eigenvalue weighted by molar-refractivity contribution is 5.94. The quantitative estimate of drug-likeness (QED) is 0.869. The number of benzene rings is 2. The van der Waals surface area contributed by atoms with Crippen LogP contribution in [0.1, 0.15) is 47.8 Å². The van der Waals surface area contributed by atoms with Crippen molar-refractivity contribution in [1.29, 1.82) is 0 Å². The Labute approximate surface area is 155 Å². The normalized spacial score (nSPS) is 18.0. The zero-order chi connectivity index (χ0) is 18.6. The first-order chi connectivity index (χ1) is 12.4. The van der Waals surface area contributed by atoms with E-state index >= 15 is 0 Å². The van der Waals surface area contributed by atoms with E-state index in [-0.39, 0.29) is 11.9 Å². The molecule has 0 radical (unpaired) electrons. The molecule has 26 heavy (non-hydrogen) atoms. The highest BCUT2D eigenvalue weighted by atomic mass is 16.3. The number of hydrogen-bond donors (Lipinski definition) is 2. The fraction of sp³-hybridized carbons (Fsp3) is 0.409. The van der Waals surface area contributed by atoms with Crippen molar-refractivity contribution in [2.24, 2.45) is 0 Å². The van der Waals surface area contributed by atoms with E-state index in [0.717, 1.165) is 30.6 Å². The monoisotopic (exact) mass is 352 g/mol. The summed E-state index contributed by atoms with van der Waals surface area (Å²) in [6.07, 6.45) is 1.51. The van der Waals surface area contributed by atoms with E-state index in [1.807, 2.05) is 61.2 Å². The molecule has 2 aromatic rings. The molecular weight excluding hydrogens is 324 g/mol. The lowest BCUT2D eigenvalue weighted by molar-refractivity contribution is 0.0697. The summed E-state index contributed by atoms with van der Waals surface area (Å²) >= 11 is 0. The van der Waals surface area contributed by atoms with Gasteiger partial charge >= 0.3 is 0 Å². The van der Waals surface area contributed by atoms with Crippen molar-refractivity contribution in [3.63, 3.8) is 0 Å². The summed E-state index contributed by atoms with van der Waals surface area (Å²) in [6.45, 7) is 5.85.